The topological polar surface area (TPSA) is 51.8 Å². The summed E-state index contributed by atoms with van der Waals surface area (Å²) in [6.45, 7) is 0. The second kappa shape index (κ2) is 8.09. The van der Waals surface area contributed by atoms with E-state index in [0.717, 1.165) is 39.6 Å². The van der Waals surface area contributed by atoms with Crippen molar-refractivity contribution >= 4 is 28.2 Å². The number of rotatable bonds is 5. The molecule has 0 N–H and O–H groups in total. The summed E-state index contributed by atoms with van der Waals surface area (Å²) in [7, 11) is 0. The third kappa shape index (κ3) is 3.43. The summed E-state index contributed by atoms with van der Waals surface area (Å²) >= 11 is 0. The number of benzene rings is 3. The molecule has 33 heavy (non-hydrogen) atoms. The minimum atomic E-state index is 0.779. The maximum absolute atomic E-state index is 5.08. The van der Waals surface area contributed by atoms with Gasteiger partial charge in [0.15, 0.2) is 11.6 Å². The first-order chi connectivity index (χ1) is 16.4. The van der Waals surface area contributed by atoms with Gasteiger partial charge in [-0.3, -0.25) is 9.88 Å². The molecule has 0 fully saturated rings. The highest BCUT2D eigenvalue weighted by Gasteiger charge is 2.22. The van der Waals surface area contributed by atoms with Crippen LogP contribution in [-0.4, -0.2) is 24.5 Å². The van der Waals surface area contributed by atoms with E-state index in [9.17, 15) is 0 Å². The normalized spacial score (nSPS) is 11.0. The molecule has 0 aliphatic rings. The van der Waals surface area contributed by atoms with Crippen molar-refractivity contribution in [3.63, 3.8) is 0 Å². The van der Waals surface area contributed by atoms with Crippen LogP contribution in [0.4, 0.5) is 17.3 Å². The average Bonchev–Trinajstić information content (AvgIpc) is 3.52. The Morgan fingerprint density at radius 3 is 2.09 bits per heavy atom. The molecule has 3 aromatic carbocycles. The molecule has 158 valence electrons. The molecule has 0 saturated heterocycles. The van der Waals surface area contributed by atoms with Gasteiger partial charge >= 0.3 is 0 Å². The fraction of sp³-hybridized carbons (Fsp3) is 0. The fourth-order valence-corrected chi connectivity index (χ4v) is 4.00. The SMILES string of the molecule is c1ccc(N(c2ccn(-c3ccncc3)n2)c2nn(-c3ccccc3)c3ccccc23)cc1. The summed E-state index contributed by atoms with van der Waals surface area (Å²) < 4.78 is 3.84. The number of hydrogen-bond donors (Lipinski definition) is 0. The number of para-hydroxylation sites is 3. The molecule has 0 atom stereocenters. The van der Waals surface area contributed by atoms with Gasteiger partial charge in [0.25, 0.3) is 0 Å². The van der Waals surface area contributed by atoms with Crippen LogP contribution in [0.1, 0.15) is 0 Å². The average molecular weight is 428 g/mol. The third-order valence-electron chi connectivity index (χ3n) is 5.53. The van der Waals surface area contributed by atoms with Gasteiger partial charge in [-0.1, -0.05) is 48.5 Å². The quantitative estimate of drug-likeness (QED) is 0.334. The number of pyridine rings is 1. The summed E-state index contributed by atoms with van der Waals surface area (Å²) in [6, 6.07) is 34.5. The minimum Gasteiger partial charge on any atom is -0.276 e. The van der Waals surface area contributed by atoms with E-state index < -0.39 is 0 Å². The van der Waals surface area contributed by atoms with Crippen molar-refractivity contribution in [3.8, 4) is 11.4 Å². The van der Waals surface area contributed by atoms with Crippen LogP contribution < -0.4 is 4.90 Å². The molecule has 0 spiro atoms. The number of aromatic nitrogens is 5. The van der Waals surface area contributed by atoms with E-state index in [4.69, 9.17) is 10.2 Å². The summed E-state index contributed by atoms with van der Waals surface area (Å²) in [5, 5.41) is 11.0. The van der Waals surface area contributed by atoms with E-state index in [1.165, 1.54) is 0 Å². The lowest BCUT2D eigenvalue weighted by Gasteiger charge is -2.20. The lowest BCUT2D eigenvalue weighted by atomic mass is 10.2. The molecule has 6 heteroatoms. The van der Waals surface area contributed by atoms with E-state index >= 15 is 0 Å². The lowest BCUT2D eigenvalue weighted by Crippen LogP contribution is -2.12. The van der Waals surface area contributed by atoms with Gasteiger partial charge in [0, 0.05) is 35.7 Å². The molecule has 0 aliphatic carbocycles. The van der Waals surface area contributed by atoms with Crippen molar-refractivity contribution in [1.82, 2.24) is 24.5 Å². The Balaban J connectivity index is 1.56. The standard InChI is InChI=1S/C27H20N6/c1-3-9-22(10-4-1)32(26-17-20-31(29-26)21-15-18-28-19-16-21)27-24-13-7-8-14-25(24)33(30-27)23-11-5-2-6-12-23/h1-20H. The number of nitrogens with zero attached hydrogens (tertiary/aromatic N) is 6. The first kappa shape index (κ1) is 19.0. The molecule has 6 rings (SSSR count). The molecule has 6 aromatic rings. The Morgan fingerprint density at radius 2 is 1.30 bits per heavy atom. The van der Waals surface area contributed by atoms with Crippen LogP contribution in [0.15, 0.2) is 122 Å². The van der Waals surface area contributed by atoms with Gasteiger partial charge < -0.3 is 0 Å². The van der Waals surface area contributed by atoms with Crippen molar-refractivity contribution in [2.45, 2.75) is 0 Å². The molecule has 6 nitrogen and oxygen atoms in total. The maximum atomic E-state index is 5.08. The van der Waals surface area contributed by atoms with E-state index in [1.807, 2.05) is 82.3 Å². The Kier molecular flexibility index (Phi) is 4.66. The largest absolute Gasteiger partial charge is 0.276 e. The monoisotopic (exact) mass is 428 g/mol. The third-order valence-corrected chi connectivity index (χ3v) is 5.53. The lowest BCUT2D eigenvalue weighted by molar-refractivity contribution is 0.864. The Bertz CT molecular complexity index is 1500. The van der Waals surface area contributed by atoms with Crippen molar-refractivity contribution in [1.29, 1.82) is 0 Å². The zero-order valence-electron chi connectivity index (χ0n) is 17.7. The van der Waals surface area contributed by atoms with Gasteiger partial charge in [-0.25, -0.2) is 9.36 Å². The van der Waals surface area contributed by atoms with Crippen molar-refractivity contribution in [2.24, 2.45) is 0 Å². The zero-order valence-corrected chi connectivity index (χ0v) is 17.7. The molecule has 0 bridgehead atoms. The van der Waals surface area contributed by atoms with E-state index in [0.29, 0.717) is 0 Å². The number of anilines is 3. The van der Waals surface area contributed by atoms with Gasteiger partial charge in [0.05, 0.1) is 16.9 Å². The Labute approximate surface area is 191 Å². The van der Waals surface area contributed by atoms with E-state index in [2.05, 4.69) is 46.3 Å². The highest BCUT2D eigenvalue weighted by Crippen LogP contribution is 2.38. The predicted molar refractivity (Wildman–Crippen MR) is 131 cm³/mol. The first-order valence-electron chi connectivity index (χ1n) is 10.7. The highest BCUT2D eigenvalue weighted by atomic mass is 15.4. The second-order valence-electron chi connectivity index (χ2n) is 7.58. The summed E-state index contributed by atoms with van der Waals surface area (Å²) in [5.74, 6) is 1.60. The Hall–Kier alpha value is -4.71. The molecule has 3 aromatic heterocycles. The van der Waals surface area contributed by atoms with Crippen molar-refractivity contribution in [2.75, 3.05) is 4.90 Å². The molecule has 0 amide bonds. The minimum absolute atomic E-state index is 0.779. The highest BCUT2D eigenvalue weighted by molar-refractivity contribution is 5.96. The summed E-state index contributed by atoms with van der Waals surface area (Å²) in [5.41, 5.74) is 3.98. The Morgan fingerprint density at radius 1 is 0.606 bits per heavy atom. The second-order valence-corrected chi connectivity index (χ2v) is 7.58. The smallest absolute Gasteiger partial charge is 0.169 e. The molecular weight excluding hydrogens is 408 g/mol. The van der Waals surface area contributed by atoms with Gasteiger partial charge in [-0.05, 0) is 48.5 Å². The molecule has 0 aliphatic heterocycles. The van der Waals surface area contributed by atoms with Gasteiger partial charge in [-0.2, -0.15) is 0 Å². The van der Waals surface area contributed by atoms with Crippen LogP contribution in [0.2, 0.25) is 0 Å². The predicted octanol–water partition coefficient (Wildman–Crippen LogP) is 6.08. The molecule has 0 unspecified atom stereocenters. The number of fused-ring (bicyclic) bond motifs is 1. The fourth-order valence-electron chi connectivity index (χ4n) is 4.00. The van der Waals surface area contributed by atoms with Crippen LogP contribution in [0.25, 0.3) is 22.3 Å². The van der Waals surface area contributed by atoms with Crippen LogP contribution >= 0.6 is 0 Å². The van der Waals surface area contributed by atoms with E-state index in [1.54, 1.807) is 12.4 Å². The summed E-state index contributed by atoms with van der Waals surface area (Å²) in [6.07, 6.45) is 5.48. The van der Waals surface area contributed by atoms with Gasteiger partial charge in [0.1, 0.15) is 0 Å². The van der Waals surface area contributed by atoms with Crippen LogP contribution in [0.3, 0.4) is 0 Å². The van der Waals surface area contributed by atoms with Crippen LogP contribution in [0, 0.1) is 0 Å². The van der Waals surface area contributed by atoms with Crippen molar-refractivity contribution < 1.29 is 0 Å². The van der Waals surface area contributed by atoms with Crippen LogP contribution in [0.5, 0.6) is 0 Å². The zero-order chi connectivity index (χ0) is 22.0. The molecular formula is C27H20N6. The first-order valence-corrected chi connectivity index (χ1v) is 10.7. The molecule has 3 heterocycles. The van der Waals surface area contributed by atoms with Crippen LogP contribution in [-0.2, 0) is 0 Å². The summed E-state index contributed by atoms with van der Waals surface area (Å²) in [4.78, 5) is 6.21. The number of hydrogen-bond acceptors (Lipinski definition) is 4. The molecule has 0 saturated carbocycles. The van der Waals surface area contributed by atoms with Gasteiger partial charge in [-0.15, -0.1) is 10.2 Å². The molecule has 0 radical (unpaired) electrons. The van der Waals surface area contributed by atoms with E-state index in [-0.39, 0.29) is 0 Å². The maximum Gasteiger partial charge on any atom is 0.169 e. The van der Waals surface area contributed by atoms with Crippen molar-refractivity contribution in [3.05, 3.63) is 122 Å². The van der Waals surface area contributed by atoms with Gasteiger partial charge in [0.2, 0.25) is 0 Å².